The van der Waals surface area contributed by atoms with Crippen LogP contribution in [0.15, 0.2) is 47.4 Å². The zero-order valence-corrected chi connectivity index (χ0v) is 13.1. The molecule has 2 aromatic rings. The van der Waals surface area contributed by atoms with E-state index in [1.807, 2.05) is 32.0 Å². The summed E-state index contributed by atoms with van der Waals surface area (Å²) in [5.74, 6) is 0. The average Bonchev–Trinajstić information content (AvgIpc) is 2.41. The second-order valence-corrected chi connectivity index (χ2v) is 6.53. The number of amides is 2. The number of aryl methyl sites for hydroxylation is 2. The van der Waals surface area contributed by atoms with Gasteiger partial charge in [0, 0.05) is 11.4 Å². The van der Waals surface area contributed by atoms with Crippen LogP contribution in [0.1, 0.15) is 11.1 Å². The molecular weight excluding hydrogens is 302 g/mol. The number of benzene rings is 2. The van der Waals surface area contributed by atoms with Gasteiger partial charge in [0.15, 0.2) is 0 Å². The predicted molar refractivity (Wildman–Crippen MR) is 86.4 cm³/mol. The van der Waals surface area contributed by atoms with Crippen molar-refractivity contribution < 1.29 is 13.2 Å². The number of carbonyl (C=O) groups is 1. The maximum Gasteiger partial charge on any atom is 0.323 e. The third kappa shape index (κ3) is 4.06. The highest BCUT2D eigenvalue weighted by atomic mass is 32.2. The monoisotopic (exact) mass is 319 g/mol. The van der Waals surface area contributed by atoms with E-state index in [0.29, 0.717) is 11.4 Å². The Morgan fingerprint density at radius 2 is 1.64 bits per heavy atom. The zero-order chi connectivity index (χ0) is 16.3. The van der Waals surface area contributed by atoms with E-state index in [0.717, 1.165) is 11.1 Å². The number of rotatable bonds is 3. The molecule has 0 aliphatic rings. The molecule has 116 valence electrons. The summed E-state index contributed by atoms with van der Waals surface area (Å²) in [7, 11) is -3.73. The van der Waals surface area contributed by atoms with Crippen LogP contribution in [0, 0.1) is 13.8 Å². The van der Waals surface area contributed by atoms with Gasteiger partial charge in [-0.2, -0.15) is 0 Å². The van der Waals surface area contributed by atoms with Crippen molar-refractivity contribution >= 4 is 27.4 Å². The third-order valence-corrected chi connectivity index (χ3v) is 4.00. The number of hydrogen-bond acceptors (Lipinski definition) is 3. The van der Waals surface area contributed by atoms with Gasteiger partial charge >= 0.3 is 6.03 Å². The Hall–Kier alpha value is -2.38. The van der Waals surface area contributed by atoms with Gasteiger partial charge in [-0.3, -0.25) is 0 Å². The summed E-state index contributed by atoms with van der Waals surface area (Å²) in [4.78, 5) is 11.9. The average molecular weight is 319 g/mol. The van der Waals surface area contributed by atoms with Crippen LogP contribution in [-0.4, -0.2) is 14.4 Å². The van der Waals surface area contributed by atoms with Gasteiger partial charge in [-0.25, -0.2) is 18.4 Å². The van der Waals surface area contributed by atoms with Crippen LogP contribution in [0.25, 0.3) is 0 Å². The molecule has 0 heterocycles. The minimum atomic E-state index is -3.73. The molecule has 2 rings (SSSR count). The van der Waals surface area contributed by atoms with Crippen molar-refractivity contribution in [3.05, 3.63) is 53.6 Å². The first-order chi connectivity index (χ1) is 10.3. The quantitative estimate of drug-likeness (QED) is 0.810. The fraction of sp³-hybridized carbons (Fsp3) is 0.133. The van der Waals surface area contributed by atoms with Gasteiger partial charge < -0.3 is 10.6 Å². The van der Waals surface area contributed by atoms with Crippen LogP contribution in [0.2, 0.25) is 0 Å². The summed E-state index contributed by atoms with van der Waals surface area (Å²) in [5, 5.41) is 10.4. The molecule has 0 fully saturated rings. The van der Waals surface area contributed by atoms with Gasteiger partial charge in [0.2, 0.25) is 10.0 Å². The number of nitrogens with two attached hydrogens (primary N) is 1. The van der Waals surface area contributed by atoms with E-state index in [9.17, 15) is 13.2 Å². The van der Waals surface area contributed by atoms with Crippen LogP contribution in [0.4, 0.5) is 16.2 Å². The molecule has 0 saturated heterocycles. The number of hydrogen-bond donors (Lipinski definition) is 3. The molecule has 6 nitrogen and oxygen atoms in total. The van der Waals surface area contributed by atoms with E-state index in [1.165, 1.54) is 24.3 Å². The van der Waals surface area contributed by atoms with Gasteiger partial charge in [0.05, 0.1) is 4.90 Å². The topological polar surface area (TPSA) is 101 Å². The first-order valence-corrected chi connectivity index (χ1v) is 8.08. The molecule has 4 N–H and O–H groups in total. The number of urea groups is 1. The number of nitrogens with one attached hydrogen (secondary N) is 2. The molecular formula is C15H17N3O3S. The predicted octanol–water partition coefficient (Wildman–Crippen LogP) is 2.59. The fourth-order valence-corrected chi connectivity index (χ4v) is 2.48. The van der Waals surface area contributed by atoms with Crippen molar-refractivity contribution in [2.75, 3.05) is 10.6 Å². The molecule has 0 unspecified atom stereocenters. The maximum atomic E-state index is 11.9. The molecule has 0 spiro atoms. The number of sulfonamides is 1. The lowest BCUT2D eigenvalue weighted by atomic mass is 10.1. The molecule has 0 aromatic heterocycles. The van der Waals surface area contributed by atoms with Crippen molar-refractivity contribution in [2.24, 2.45) is 5.14 Å². The minimum absolute atomic E-state index is 0.00663. The Morgan fingerprint density at radius 1 is 1.00 bits per heavy atom. The zero-order valence-electron chi connectivity index (χ0n) is 12.3. The summed E-state index contributed by atoms with van der Waals surface area (Å²) >= 11 is 0. The molecule has 7 heteroatoms. The van der Waals surface area contributed by atoms with E-state index in [2.05, 4.69) is 10.6 Å². The normalized spacial score (nSPS) is 11.0. The lowest BCUT2D eigenvalue weighted by Crippen LogP contribution is -2.20. The van der Waals surface area contributed by atoms with Gasteiger partial charge in [-0.15, -0.1) is 0 Å². The minimum Gasteiger partial charge on any atom is -0.308 e. The molecule has 22 heavy (non-hydrogen) atoms. The van der Waals surface area contributed by atoms with Crippen LogP contribution in [-0.2, 0) is 10.0 Å². The largest absolute Gasteiger partial charge is 0.323 e. The second kappa shape index (κ2) is 6.17. The summed E-state index contributed by atoms with van der Waals surface area (Å²) in [6.45, 7) is 3.88. The van der Waals surface area contributed by atoms with Crippen molar-refractivity contribution in [1.82, 2.24) is 0 Å². The number of primary sulfonamides is 1. The van der Waals surface area contributed by atoms with Gasteiger partial charge in [0.25, 0.3) is 0 Å². The van der Waals surface area contributed by atoms with Crippen LogP contribution in [0.3, 0.4) is 0 Å². The van der Waals surface area contributed by atoms with Crippen LogP contribution >= 0.6 is 0 Å². The third-order valence-electron chi connectivity index (χ3n) is 3.07. The van der Waals surface area contributed by atoms with Gasteiger partial charge in [-0.05, 0) is 49.7 Å². The molecule has 0 saturated carbocycles. The van der Waals surface area contributed by atoms with E-state index >= 15 is 0 Å². The highest BCUT2D eigenvalue weighted by molar-refractivity contribution is 7.89. The second-order valence-electron chi connectivity index (χ2n) is 4.97. The Morgan fingerprint density at radius 3 is 2.18 bits per heavy atom. The molecule has 0 radical (unpaired) electrons. The molecule has 0 aliphatic heterocycles. The fourth-order valence-electron chi connectivity index (χ4n) is 1.97. The molecule has 0 aliphatic carbocycles. The smallest absolute Gasteiger partial charge is 0.308 e. The van der Waals surface area contributed by atoms with E-state index in [1.54, 1.807) is 0 Å². The van der Waals surface area contributed by atoms with Crippen LogP contribution < -0.4 is 15.8 Å². The van der Waals surface area contributed by atoms with Crippen molar-refractivity contribution in [2.45, 2.75) is 18.7 Å². The lowest BCUT2D eigenvalue weighted by molar-refractivity contribution is 0.262. The lowest BCUT2D eigenvalue weighted by Gasteiger charge is -2.10. The van der Waals surface area contributed by atoms with E-state index < -0.39 is 16.1 Å². The Labute approximate surface area is 129 Å². The molecule has 2 aromatic carbocycles. The molecule has 2 amide bonds. The Bertz CT molecular complexity index is 799. The summed E-state index contributed by atoms with van der Waals surface area (Å²) in [5.41, 5.74) is 3.25. The summed E-state index contributed by atoms with van der Waals surface area (Å²) in [6.07, 6.45) is 0. The Balaban J connectivity index is 2.06. The Kier molecular flexibility index (Phi) is 4.48. The first kappa shape index (κ1) is 16.0. The van der Waals surface area contributed by atoms with Gasteiger partial charge in [-0.1, -0.05) is 17.7 Å². The highest BCUT2D eigenvalue weighted by Gasteiger charge is 2.08. The van der Waals surface area contributed by atoms with Crippen LogP contribution in [0.5, 0.6) is 0 Å². The number of anilines is 2. The van der Waals surface area contributed by atoms with Crippen molar-refractivity contribution in [1.29, 1.82) is 0 Å². The van der Waals surface area contributed by atoms with Crippen molar-refractivity contribution in [3.8, 4) is 0 Å². The highest BCUT2D eigenvalue weighted by Crippen LogP contribution is 2.17. The summed E-state index contributed by atoms with van der Waals surface area (Å²) in [6, 6.07) is 10.9. The first-order valence-electron chi connectivity index (χ1n) is 6.54. The van der Waals surface area contributed by atoms with E-state index in [-0.39, 0.29) is 4.90 Å². The van der Waals surface area contributed by atoms with Gasteiger partial charge in [0.1, 0.15) is 0 Å². The summed E-state index contributed by atoms with van der Waals surface area (Å²) < 4.78 is 22.3. The van der Waals surface area contributed by atoms with E-state index in [4.69, 9.17) is 5.14 Å². The standard InChI is InChI=1S/C15H17N3O3S/c1-10-3-8-14(11(2)9-10)18-15(19)17-12-4-6-13(7-5-12)22(16,20)21/h3-9H,1-2H3,(H2,16,20,21)(H2,17,18,19). The SMILES string of the molecule is Cc1ccc(NC(=O)Nc2ccc(S(N)(=O)=O)cc2)c(C)c1. The molecule has 0 atom stereocenters. The molecule has 0 bridgehead atoms. The number of carbonyl (C=O) groups excluding carboxylic acids is 1. The van der Waals surface area contributed by atoms with Crippen molar-refractivity contribution in [3.63, 3.8) is 0 Å². The maximum absolute atomic E-state index is 11.9.